The zero-order chi connectivity index (χ0) is 23.5. The van der Waals surface area contributed by atoms with Gasteiger partial charge in [-0.3, -0.25) is 5.21 Å². The Hall–Kier alpha value is -4.01. The first-order chi connectivity index (χ1) is 15.9. The first-order valence-corrected chi connectivity index (χ1v) is 10.1. The highest BCUT2D eigenvalue weighted by molar-refractivity contribution is 5.88. The lowest BCUT2D eigenvalue weighted by atomic mass is 9.99. The van der Waals surface area contributed by atoms with E-state index in [4.69, 9.17) is 23.8 Å². The molecule has 0 saturated carbocycles. The quantitative estimate of drug-likeness (QED) is 0.309. The molecule has 0 aliphatic rings. The Labute approximate surface area is 189 Å². The zero-order valence-corrected chi connectivity index (χ0v) is 18.3. The highest BCUT2D eigenvalue weighted by atomic mass is 16.8. The molecule has 0 fully saturated rings. The monoisotopic (exact) mass is 448 g/mol. The van der Waals surface area contributed by atoms with Crippen LogP contribution in [0.1, 0.15) is 11.1 Å². The van der Waals surface area contributed by atoms with Crippen LogP contribution in [0.5, 0.6) is 17.2 Å². The second kappa shape index (κ2) is 9.23. The minimum Gasteiger partial charge on any atom is -0.733 e. The summed E-state index contributed by atoms with van der Waals surface area (Å²) in [6.07, 6.45) is 0. The molecule has 8 nitrogen and oxygen atoms in total. The molecule has 0 aliphatic heterocycles. The summed E-state index contributed by atoms with van der Waals surface area (Å²) >= 11 is 0. The lowest BCUT2D eigenvalue weighted by molar-refractivity contribution is 0.295. The Morgan fingerprint density at radius 2 is 1.70 bits per heavy atom. The molecule has 1 heterocycles. The fourth-order valence-corrected chi connectivity index (χ4v) is 3.63. The molecule has 0 aliphatic carbocycles. The summed E-state index contributed by atoms with van der Waals surface area (Å²) in [6, 6.07) is 16.9. The molecule has 1 N–H and O–H groups in total. The first kappa shape index (κ1) is 22.2. The third kappa shape index (κ3) is 4.48. The van der Waals surface area contributed by atoms with Gasteiger partial charge in [0.05, 0.1) is 25.5 Å². The topological polar surface area (TPSA) is 104 Å². The van der Waals surface area contributed by atoms with Crippen molar-refractivity contribution < 1.29 is 23.8 Å². The molecule has 0 amide bonds. The van der Waals surface area contributed by atoms with E-state index >= 15 is 0 Å². The van der Waals surface area contributed by atoms with Gasteiger partial charge in [0, 0.05) is 5.39 Å². The van der Waals surface area contributed by atoms with E-state index in [1.54, 1.807) is 49.6 Å². The lowest BCUT2D eigenvalue weighted by Crippen LogP contribution is -2.07. The van der Waals surface area contributed by atoms with Gasteiger partial charge in [-0.1, -0.05) is 18.2 Å². The molecule has 4 rings (SSSR count). The Morgan fingerprint density at radius 1 is 0.970 bits per heavy atom. The Morgan fingerprint density at radius 3 is 2.36 bits per heavy atom. The second-order valence-corrected chi connectivity index (χ2v) is 7.35. The molecule has 33 heavy (non-hydrogen) atoms. The molecule has 0 bridgehead atoms. The maximum absolute atomic E-state index is 12.8. The van der Waals surface area contributed by atoms with E-state index in [0.29, 0.717) is 34.0 Å². The van der Waals surface area contributed by atoms with Gasteiger partial charge in [0.1, 0.15) is 17.9 Å². The molecule has 4 aromatic rings. The zero-order valence-electron chi connectivity index (χ0n) is 18.3. The van der Waals surface area contributed by atoms with E-state index < -0.39 is 5.63 Å². The van der Waals surface area contributed by atoms with Crippen LogP contribution in [-0.4, -0.2) is 19.4 Å². The van der Waals surface area contributed by atoms with Gasteiger partial charge in [-0.15, -0.1) is 0 Å². The van der Waals surface area contributed by atoms with Crippen LogP contribution in [0.25, 0.3) is 22.1 Å². The summed E-state index contributed by atoms with van der Waals surface area (Å²) in [5, 5.41) is 20.4. The summed E-state index contributed by atoms with van der Waals surface area (Å²) in [7, 11) is 3.09. The van der Waals surface area contributed by atoms with Gasteiger partial charge in [-0.05, 0) is 66.1 Å². The molecule has 0 atom stereocenters. The number of nitrogens with zero attached hydrogens (tertiary/aromatic N) is 1. The van der Waals surface area contributed by atoms with Gasteiger partial charge in [0.25, 0.3) is 0 Å². The average molecular weight is 448 g/mol. The van der Waals surface area contributed by atoms with Gasteiger partial charge >= 0.3 is 5.63 Å². The van der Waals surface area contributed by atoms with Gasteiger partial charge < -0.3 is 29.1 Å². The van der Waals surface area contributed by atoms with Crippen molar-refractivity contribution in [3.8, 4) is 28.4 Å². The number of methoxy groups -OCH3 is 2. The molecular weight excluding hydrogens is 426 g/mol. The maximum atomic E-state index is 12.8. The number of anilines is 1. The molecule has 1 aromatic heterocycles. The molecule has 3 aromatic carbocycles. The number of ether oxygens (including phenoxy) is 3. The van der Waals surface area contributed by atoms with Gasteiger partial charge in [0.2, 0.25) is 0 Å². The Balaban J connectivity index is 1.67. The summed E-state index contributed by atoms with van der Waals surface area (Å²) in [5.41, 5.74) is 2.81. The lowest BCUT2D eigenvalue weighted by Gasteiger charge is -2.21. The molecule has 0 saturated heterocycles. The van der Waals surface area contributed by atoms with E-state index in [0.717, 1.165) is 16.5 Å². The Bertz CT molecular complexity index is 1340. The summed E-state index contributed by atoms with van der Waals surface area (Å²) in [5.74, 6) is 1.67. The maximum Gasteiger partial charge on any atom is 0.344 e. The smallest absolute Gasteiger partial charge is 0.344 e. The molecule has 0 unspecified atom stereocenters. The number of hydrogen-bond acceptors (Lipinski definition) is 8. The van der Waals surface area contributed by atoms with Crippen molar-refractivity contribution in [1.82, 2.24) is 0 Å². The summed E-state index contributed by atoms with van der Waals surface area (Å²) < 4.78 is 22.1. The third-order valence-corrected chi connectivity index (χ3v) is 5.37. The standard InChI is InChI=1S/C25H22NO7/c1-15-20-13-19(32-14-16-4-7-18(8-5-16)26(28)29)9-11-21(20)33-25(27)24(15)17-6-10-22(30-2)23(12-17)31-3/h4-13,28H,14H2,1-3H3/q-1. The van der Waals surface area contributed by atoms with E-state index in [9.17, 15) is 10.0 Å². The van der Waals surface area contributed by atoms with Crippen LogP contribution in [-0.2, 0) is 6.61 Å². The van der Waals surface area contributed by atoms with E-state index in [1.165, 1.54) is 19.2 Å². The van der Waals surface area contributed by atoms with Crippen molar-refractivity contribution >= 4 is 16.7 Å². The van der Waals surface area contributed by atoms with Crippen molar-refractivity contribution in [3.63, 3.8) is 0 Å². The molecule has 8 heteroatoms. The van der Waals surface area contributed by atoms with E-state index in [-0.39, 0.29) is 17.5 Å². The largest absolute Gasteiger partial charge is 0.733 e. The van der Waals surface area contributed by atoms with Gasteiger partial charge in [-0.25, -0.2) is 4.79 Å². The molecule has 0 radical (unpaired) electrons. The SMILES string of the molecule is COc1ccc(-c2c(C)c3cc(OCc4ccc(N([O-])O)cc4)ccc3oc2=O)cc1OC. The minimum atomic E-state index is -0.447. The molecule has 0 spiro atoms. The van der Waals surface area contributed by atoms with Crippen molar-refractivity contribution in [1.29, 1.82) is 0 Å². The van der Waals surface area contributed by atoms with Crippen LogP contribution in [0, 0.1) is 12.1 Å². The molecular formula is C25H22NO7-. The fourth-order valence-electron chi connectivity index (χ4n) is 3.63. The molecule has 170 valence electrons. The second-order valence-electron chi connectivity index (χ2n) is 7.35. The van der Waals surface area contributed by atoms with Gasteiger partial charge in [-0.2, -0.15) is 0 Å². The normalized spacial score (nSPS) is 10.8. The minimum absolute atomic E-state index is 0.137. The number of benzene rings is 3. The van der Waals surface area contributed by atoms with Crippen molar-refractivity contribution in [2.75, 3.05) is 19.4 Å². The van der Waals surface area contributed by atoms with E-state index in [2.05, 4.69) is 0 Å². The van der Waals surface area contributed by atoms with Crippen molar-refractivity contribution in [2.24, 2.45) is 0 Å². The van der Waals surface area contributed by atoms with Crippen LogP contribution >= 0.6 is 0 Å². The predicted molar refractivity (Wildman–Crippen MR) is 124 cm³/mol. The third-order valence-electron chi connectivity index (χ3n) is 5.37. The Kier molecular flexibility index (Phi) is 6.21. The fraction of sp³-hybridized carbons (Fsp3) is 0.160. The van der Waals surface area contributed by atoms with Crippen LogP contribution in [0.15, 0.2) is 69.9 Å². The van der Waals surface area contributed by atoms with Crippen molar-refractivity contribution in [2.45, 2.75) is 13.5 Å². The summed E-state index contributed by atoms with van der Waals surface area (Å²) in [4.78, 5) is 12.8. The number of fused-ring (bicyclic) bond motifs is 1. The predicted octanol–water partition coefficient (Wildman–Crippen LogP) is 5.06. The van der Waals surface area contributed by atoms with Crippen LogP contribution in [0.3, 0.4) is 0 Å². The highest BCUT2D eigenvalue weighted by Gasteiger charge is 2.16. The summed E-state index contributed by atoms with van der Waals surface area (Å²) in [6.45, 7) is 2.12. The average Bonchev–Trinajstić information content (AvgIpc) is 2.83. The first-order valence-electron chi connectivity index (χ1n) is 10.1. The van der Waals surface area contributed by atoms with Crippen LogP contribution < -0.4 is 25.1 Å². The van der Waals surface area contributed by atoms with Crippen LogP contribution in [0.2, 0.25) is 0 Å². The number of aryl methyl sites for hydroxylation is 1. The van der Waals surface area contributed by atoms with E-state index in [1.807, 2.05) is 13.0 Å². The number of rotatable bonds is 7. The number of hydrogen-bond donors (Lipinski definition) is 1. The van der Waals surface area contributed by atoms with Crippen LogP contribution in [0.4, 0.5) is 5.69 Å². The van der Waals surface area contributed by atoms with Gasteiger partial charge in [0.15, 0.2) is 11.5 Å². The highest BCUT2D eigenvalue weighted by Crippen LogP contribution is 2.34. The van der Waals surface area contributed by atoms with Crippen molar-refractivity contribution in [3.05, 3.63) is 87.4 Å².